The molecule has 0 saturated heterocycles. The first-order valence-corrected chi connectivity index (χ1v) is 10.2. The monoisotopic (exact) mass is 408 g/mol. The van der Waals surface area contributed by atoms with E-state index in [4.69, 9.17) is 9.47 Å². The lowest BCUT2D eigenvalue weighted by Crippen LogP contribution is -2.50. The summed E-state index contributed by atoms with van der Waals surface area (Å²) in [6.45, 7) is 6.16. The van der Waals surface area contributed by atoms with Gasteiger partial charge in [-0.3, -0.25) is 10.1 Å². The van der Waals surface area contributed by atoms with Gasteiger partial charge in [-0.2, -0.15) is 0 Å². The third-order valence-corrected chi connectivity index (χ3v) is 6.95. The second-order valence-electron chi connectivity index (χ2n) is 8.56. The maximum Gasteiger partial charge on any atom is 0.412 e. The SMILES string of the molecule is CO[C@@H]1C=C2C=C3C(=C(C)C(=O)N3C)C[C@]2(C)[C@@H](C)[C@H]1OC(=O)Nc1ccccc1. The van der Waals surface area contributed by atoms with Gasteiger partial charge in [-0.25, -0.2) is 4.79 Å². The number of amides is 2. The standard InChI is InChI=1S/C24H28N2O4/c1-14-18-13-24(3)15(2)21(30-23(28)25-17-9-7-6-8-10-17)20(29-5)12-16(24)11-19(18)26(4)22(14)27/h6-12,15,20-21H,13H2,1-5H3,(H,25,28)/t15-,20+,21+,24+/m0/s1. The predicted octanol–water partition coefficient (Wildman–Crippen LogP) is 4.28. The molecule has 0 bridgehead atoms. The maximum absolute atomic E-state index is 12.6. The first-order valence-electron chi connectivity index (χ1n) is 10.2. The van der Waals surface area contributed by atoms with E-state index in [2.05, 4.69) is 25.2 Å². The Morgan fingerprint density at radius 2 is 1.97 bits per heavy atom. The molecule has 0 aromatic heterocycles. The van der Waals surface area contributed by atoms with Crippen LogP contribution in [-0.4, -0.2) is 43.3 Å². The lowest BCUT2D eigenvalue weighted by Gasteiger charge is -2.48. The minimum Gasteiger partial charge on any atom is -0.443 e. The molecule has 2 amide bonds. The Kier molecular flexibility index (Phi) is 5.06. The van der Waals surface area contributed by atoms with E-state index in [0.29, 0.717) is 5.69 Å². The van der Waals surface area contributed by atoms with E-state index in [9.17, 15) is 9.59 Å². The van der Waals surface area contributed by atoms with Crippen molar-refractivity contribution in [3.63, 3.8) is 0 Å². The number of nitrogens with one attached hydrogen (secondary N) is 1. The molecular weight excluding hydrogens is 380 g/mol. The van der Waals surface area contributed by atoms with Gasteiger partial charge >= 0.3 is 6.09 Å². The highest BCUT2D eigenvalue weighted by atomic mass is 16.6. The molecule has 158 valence electrons. The fraction of sp³-hybridized carbons (Fsp3) is 0.417. The summed E-state index contributed by atoms with van der Waals surface area (Å²) >= 11 is 0. The van der Waals surface area contributed by atoms with Gasteiger partial charge in [-0.15, -0.1) is 0 Å². The number of anilines is 1. The molecule has 0 saturated carbocycles. The molecule has 6 nitrogen and oxygen atoms in total. The van der Waals surface area contributed by atoms with E-state index in [1.807, 2.05) is 50.4 Å². The van der Waals surface area contributed by atoms with E-state index in [0.717, 1.165) is 28.8 Å². The van der Waals surface area contributed by atoms with Crippen molar-refractivity contribution >= 4 is 17.7 Å². The zero-order valence-electron chi connectivity index (χ0n) is 18.1. The topological polar surface area (TPSA) is 67.9 Å². The lowest BCUT2D eigenvalue weighted by atomic mass is 9.59. The van der Waals surface area contributed by atoms with Gasteiger partial charge in [0.2, 0.25) is 0 Å². The molecule has 0 fully saturated rings. The third-order valence-electron chi connectivity index (χ3n) is 6.95. The number of nitrogens with zero attached hydrogens (tertiary/aromatic N) is 1. The fourth-order valence-corrected chi connectivity index (χ4v) is 4.82. The first-order chi connectivity index (χ1) is 14.3. The number of likely N-dealkylation sites (N-methyl/N-ethyl adjacent to an activating group) is 1. The van der Waals surface area contributed by atoms with Gasteiger partial charge in [0.05, 0.1) is 0 Å². The van der Waals surface area contributed by atoms with Gasteiger partial charge in [-0.05, 0) is 48.8 Å². The highest BCUT2D eigenvalue weighted by Crippen LogP contribution is 2.54. The summed E-state index contributed by atoms with van der Waals surface area (Å²) in [5, 5.41) is 2.78. The van der Waals surface area contributed by atoms with E-state index in [1.54, 1.807) is 12.0 Å². The summed E-state index contributed by atoms with van der Waals surface area (Å²) in [7, 11) is 3.44. The predicted molar refractivity (Wildman–Crippen MR) is 115 cm³/mol. The summed E-state index contributed by atoms with van der Waals surface area (Å²) in [5.74, 6) is 0.0353. The van der Waals surface area contributed by atoms with Crippen molar-refractivity contribution in [1.82, 2.24) is 4.90 Å². The molecular formula is C24H28N2O4. The average Bonchev–Trinajstić information content (AvgIpc) is 2.93. The highest BCUT2D eigenvalue weighted by Gasteiger charge is 2.51. The van der Waals surface area contributed by atoms with Crippen LogP contribution in [0.3, 0.4) is 0 Å². The van der Waals surface area contributed by atoms with Crippen LogP contribution in [0.5, 0.6) is 0 Å². The lowest BCUT2D eigenvalue weighted by molar-refractivity contribution is -0.123. The molecule has 4 atom stereocenters. The Morgan fingerprint density at radius 3 is 2.63 bits per heavy atom. The van der Waals surface area contributed by atoms with Crippen molar-refractivity contribution in [2.24, 2.45) is 11.3 Å². The number of methoxy groups -OCH3 is 1. The number of para-hydroxylation sites is 1. The van der Waals surface area contributed by atoms with Crippen LogP contribution >= 0.6 is 0 Å². The van der Waals surface area contributed by atoms with Gasteiger partial charge in [-0.1, -0.05) is 32.0 Å². The molecule has 0 unspecified atom stereocenters. The molecule has 1 aromatic carbocycles. The van der Waals surface area contributed by atoms with E-state index >= 15 is 0 Å². The van der Waals surface area contributed by atoms with Gasteiger partial charge in [0, 0.05) is 42.4 Å². The summed E-state index contributed by atoms with van der Waals surface area (Å²) in [6, 6.07) is 9.23. The largest absolute Gasteiger partial charge is 0.443 e. The summed E-state index contributed by atoms with van der Waals surface area (Å²) < 4.78 is 11.6. The van der Waals surface area contributed by atoms with Crippen LogP contribution in [0.15, 0.2) is 64.9 Å². The van der Waals surface area contributed by atoms with Crippen molar-refractivity contribution in [3.8, 4) is 0 Å². The molecule has 6 heteroatoms. The smallest absolute Gasteiger partial charge is 0.412 e. The van der Waals surface area contributed by atoms with E-state index < -0.39 is 12.2 Å². The molecule has 0 radical (unpaired) electrons. The third kappa shape index (κ3) is 3.16. The molecule has 30 heavy (non-hydrogen) atoms. The van der Waals surface area contributed by atoms with Crippen LogP contribution in [0.2, 0.25) is 0 Å². The van der Waals surface area contributed by atoms with Crippen molar-refractivity contribution in [2.45, 2.75) is 39.4 Å². The molecule has 1 aromatic rings. The maximum atomic E-state index is 12.6. The number of allylic oxidation sites excluding steroid dienone is 3. The Morgan fingerprint density at radius 1 is 1.27 bits per heavy atom. The Bertz CT molecular complexity index is 978. The quantitative estimate of drug-likeness (QED) is 0.811. The molecule has 2 aliphatic carbocycles. The van der Waals surface area contributed by atoms with Crippen LogP contribution in [-0.2, 0) is 14.3 Å². The summed E-state index contributed by atoms with van der Waals surface area (Å²) in [4.78, 5) is 26.8. The zero-order chi connectivity index (χ0) is 21.6. The number of carbonyl (C=O) groups is 2. The van der Waals surface area contributed by atoms with Crippen molar-refractivity contribution < 1.29 is 19.1 Å². The van der Waals surface area contributed by atoms with Crippen LogP contribution in [0, 0.1) is 11.3 Å². The van der Waals surface area contributed by atoms with Crippen molar-refractivity contribution in [2.75, 3.05) is 19.5 Å². The number of carbonyl (C=O) groups excluding carboxylic acids is 2. The van der Waals surface area contributed by atoms with Gasteiger partial charge in [0.15, 0.2) is 0 Å². The summed E-state index contributed by atoms with van der Waals surface area (Å²) in [6.07, 6.45) is 3.55. The van der Waals surface area contributed by atoms with E-state index in [1.165, 1.54) is 0 Å². The normalized spacial score (nSPS) is 30.4. The van der Waals surface area contributed by atoms with Crippen LogP contribution in [0.1, 0.15) is 27.2 Å². The number of ether oxygens (including phenoxy) is 2. The molecule has 4 rings (SSSR count). The highest BCUT2D eigenvalue weighted by molar-refractivity contribution is 6.00. The zero-order valence-corrected chi connectivity index (χ0v) is 18.1. The van der Waals surface area contributed by atoms with Gasteiger partial charge in [0.25, 0.3) is 5.91 Å². The van der Waals surface area contributed by atoms with Gasteiger partial charge < -0.3 is 14.4 Å². The van der Waals surface area contributed by atoms with E-state index in [-0.39, 0.29) is 23.3 Å². The summed E-state index contributed by atoms with van der Waals surface area (Å²) in [5.41, 5.74) is 4.38. The molecule has 3 aliphatic rings. The Labute approximate surface area is 177 Å². The average molecular weight is 408 g/mol. The van der Waals surface area contributed by atoms with Gasteiger partial charge in [0.1, 0.15) is 12.2 Å². The number of benzene rings is 1. The minimum absolute atomic E-state index is 0.0110. The second-order valence-corrected chi connectivity index (χ2v) is 8.56. The Hall–Kier alpha value is -2.86. The molecule has 1 N–H and O–H groups in total. The molecule has 0 spiro atoms. The number of hydrogen-bond donors (Lipinski definition) is 1. The van der Waals surface area contributed by atoms with Crippen LogP contribution in [0.25, 0.3) is 0 Å². The second kappa shape index (κ2) is 7.43. The minimum atomic E-state index is -0.501. The molecule has 1 heterocycles. The molecule has 1 aliphatic heterocycles. The van der Waals surface area contributed by atoms with Crippen LogP contribution in [0.4, 0.5) is 10.5 Å². The van der Waals surface area contributed by atoms with Crippen LogP contribution < -0.4 is 5.32 Å². The fourth-order valence-electron chi connectivity index (χ4n) is 4.82. The first kappa shape index (κ1) is 20.4. The number of rotatable bonds is 3. The number of fused-ring (bicyclic) bond motifs is 2. The Balaban J connectivity index is 1.64. The van der Waals surface area contributed by atoms with Crippen molar-refractivity contribution in [3.05, 3.63) is 64.9 Å². The van der Waals surface area contributed by atoms with Crippen molar-refractivity contribution in [1.29, 1.82) is 0 Å². The number of hydrogen-bond acceptors (Lipinski definition) is 4.